The predicted octanol–water partition coefficient (Wildman–Crippen LogP) is 8.14. The molecule has 0 aliphatic heterocycles. The minimum atomic E-state index is -4.65. The van der Waals surface area contributed by atoms with Crippen molar-refractivity contribution < 1.29 is 94.9 Å². The number of carbonyl (C=O) groups excluding carboxylic acids is 4. The van der Waals surface area contributed by atoms with Crippen molar-refractivity contribution in [3.63, 3.8) is 0 Å². The molecule has 2 N–H and O–H groups in total. The third-order valence-electron chi connectivity index (χ3n) is 11.5. The van der Waals surface area contributed by atoms with E-state index in [1.165, 1.54) is 96.3 Å². The van der Waals surface area contributed by atoms with E-state index in [9.17, 15) is 44.1 Å². The van der Waals surface area contributed by atoms with Gasteiger partial charge in [-0.25, -0.2) is 4.79 Å². The van der Waals surface area contributed by atoms with Gasteiger partial charge >= 0.3 is 12.1 Å². The lowest BCUT2D eigenvalue weighted by Gasteiger charge is -2.28. The molecule has 0 rings (SSSR count). The minimum absolute atomic E-state index is 0. The van der Waals surface area contributed by atoms with Gasteiger partial charge in [0.05, 0.1) is 132 Å². The molecule has 0 fully saturated rings. The second-order valence-corrected chi connectivity index (χ2v) is 29.2. The average Bonchev–Trinajstić information content (AvgIpc) is 3.42. The molecule has 0 spiro atoms. The molecule has 22 nitrogen and oxygen atoms in total. The summed E-state index contributed by atoms with van der Waals surface area (Å²) in [5.41, 5.74) is 0. The Kier molecular flexibility index (Phi) is 69.2. The summed E-state index contributed by atoms with van der Waals surface area (Å²) in [5, 5.41) is 47.5. The molecule has 0 bridgehead atoms. The molecule has 532 valence electrons. The summed E-state index contributed by atoms with van der Waals surface area (Å²) in [5.74, 6) is -2.69. The third kappa shape index (κ3) is 114. The van der Waals surface area contributed by atoms with Crippen molar-refractivity contribution in [1.29, 1.82) is 0 Å². The Morgan fingerprint density at radius 3 is 1.25 bits per heavy atom. The quantitative estimate of drug-likeness (QED) is 0.0111. The van der Waals surface area contributed by atoms with Crippen LogP contribution in [0.2, 0.25) is 0 Å². The SMILES string of the molecule is CCCCCCCC/C=C\CCCCCCOC(=O)OC[C@H](COP(=O)([O-])OCC[N+](C)(C)C)OC(=O)CCCCCCCCCCCCCCC.CN(C)C.C[N+](C)(C)CC(=O)[O-].C[N+](C)(C)CCO.C[N+](C)(C)C[C@H](O)CC(=O)[O-].C[N+](C)(C)[O-].[CH3-]. The van der Waals surface area contributed by atoms with Crippen molar-refractivity contribution in [2.24, 2.45) is 0 Å². The predicted molar refractivity (Wildman–Crippen MR) is 354 cm³/mol. The topological polar surface area (TPSA) is 267 Å². The molecule has 0 saturated heterocycles. The average molecular weight is 1290 g/mol. The summed E-state index contributed by atoms with van der Waals surface area (Å²) >= 11 is 0. The Balaban J connectivity index is -0.000000290. The van der Waals surface area contributed by atoms with Crippen molar-refractivity contribution in [3.05, 3.63) is 24.8 Å². The van der Waals surface area contributed by atoms with Crippen LogP contribution in [0.5, 0.6) is 0 Å². The fourth-order valence-electron chi connectivity index (χ4n) is 7.22. The van der Waals surface area contributed by atoms with E-state index in [1.807, 2.05) is 68.3 Å². The molecule has 1 unspecified atom stereocenters. The number of nitrogens with zero attached hydrogens (tertiary/aromatic N) is 6. The van der Waals surface area contributed by atoms with Crippen LogP contribution in [-0.2, 0) is 42.2 Å². The highest BCUT2D eigenvalue weighted by atomic mass is 31.2. The van der Waals surface area contributed by atoms with Crippen LogP contribution in [0.4, 0.5) is 4.79 Å². The number of phosphoric ester groups is 1. The summed E-state index contributed by atoms with van der Waals surface area (Å²) in [6.45, 7) is 5.83. The van der Waals surface area contributed by atoms with Gasteiger partial charge in [-0.3, -0.25) is 9.36 Å². The standard InChI is InChI=1S/C41H80NO9P.C7H15NO3.C5H11NO2.C5H14NO.C3H9NO.C3H9N.CH3/c1-6-8-10-12-14-16-18-20-22-24-26-28-30-32-35-47-41(44)48-37-39(38-50-52(45,46)49-36-34-42(3,4)5)51-40(43)33-31-29-27-25-23-21-19-17-15-13-11-9-7-2;1-8(2,3)5-6(9)4-7(10)11;1-6(2,3)4-5(7)8;1-6(2,3)4-5-7;1-4(2,3)5;1-4(2)3;/h20,22,39H,6-19,21,23-38H2,1-5H3;6,9H,4-5H2,1-3H3;4H2,1-3H3;7H,4-5H2,1-3H3;1-3H3;1-3H3;1H3/q;;;+1;;;-1/b22-20-;;;;;;/t39-;6-;;;;;/m11...../s1. The Morgan fingerprint density at radius 2 is 0.920 bits per heavy atom. The fraction of sp³-hybridized carbons (Fsp3) is 0.892. The summed E-state index contributed by atoms with van der Waals surface area (Å²) in [6.07, 6.45) is 31.2. The number of aliphatic hydroxyl groups is 2. The molecule has 88 heavy (non-hydrogen) atoms. The van der Waals surface area contributed by atoms with Crippen LogP contribution in [0.1, 0.15) is 187 Å². The lowest BCUT2D eigenvalue weighted by molar-refractivity contribution is -0.873. The number of ether oxygens (including phenoxy) is 3. The number of quaternary nitrogens is 5. The first kappa shape index (κ1) is 98.7. The second-order valence-electron chi connectivity index (χ2n) is 27.8. The first-order valence-corrected chi connectivity index (χ1v) is 33.7. The zero-order valence-corrected chi connectivity index (χ0v) is 61.4. The summed E-state index contributed by atoms with van der Waals surface area (Å²) in [6, 6.07) is 0. The lowest BCUT2D eigenvalue weighted by Crippen LogP contribution is -2.45. The molecule has 23 heteroatoms. The molecular weight excluding hydrogens is 1150 g/mol. The van der Waals surface area contributed by atoms with Crippen LogP contribution in [0, 0.1) is 12.6 Å². The summed E-state index contributed by atoms with van der Waals surface area (Å²) < 4.78 is 40.2. The molecule has 0 heterocycles. The van der Waals surface area contributed by atoms with Gasteiger partial charge in [-0.05, 0) is 59.7 Å². The number of carboxylic acids is 2. The first-order chi connectivity index (χ1) is 40.0. The van der Waals surface area contributed by atoms with Gasteiger partial charge in [0, 0.05) is 18.8 Å². The molecule has 0 radical (unpaired) electrons. The highest BCUT2D eigenvalue weighted by molar-refractivity contribution is 7.45. The number of aliphatic carboxylic acids is 2. The van der Waals surface area contributed by atoms with Gasteiger partial charge in [0.15, 0.2) is 6.10 Å². The molecule has 3 atom stereocenters. The fourth-order valence-corrected chi connectivity index (χ4v) is 7.95. The summed E-state index contributed by atoms with van der Waals surface area (Å²) in [4.78, 5) is 59.1. The van der Waals surface area contributed by atoms with Crippen LogP contribution in [0.15, 0.2) is 12.2 Å². The lowest BCUT2D eigenvalue weighted by atomic mass is 10.0. The minimum Gasteiger partial charge on any atom is -0.756 e. The van der Waals surface area contributed by atoms with Gasteiger partial charge < -0.3 is 98.3 Å². The normalized spacial score (nSPS) is 13.0. The Bertz CT molecular complexity index is 1650. The Hall–Kier alpha value is -2.83. The van der Waals surface area contributed by atoms with E-state index >= 15 is 0 Å². The van der Waals surface area contributed by atoms with E-state index in [2.05, 4.69) is 47.1 Å². The second kappa shape index (κ2) is 61.7. The van der Waals surface area contributed by atoms with E-state index in [0.29, 0.717) is 33.0 Å². The van der Waals surface area contributed by atoms with Gasteiger partial charge in [-0.15, -0.1) is 0 Å². The van der Waals surface area contributed by atoms with E-state index in [4.69, 9.17) is 33.5 Å². The van der Waals surface area contributed by atoms with Crippen molar-refractivity contribution in [2.45, 2.75) is 199 Å². The molecule has 0 aliphatic carbocycles. The Morgan fingerprint density at radius 1 is 0.534 bits per heavy atom. The maximum absolute atomic E-state index is 12.6. The number of unbranched alkanes of at least 4 members (excludes halogenated alkanes) is 22. The number of carboxylic acid groups (broad SMARTS) is 2. The maximum atomic E-state index is 12.6. The van der Waals surface area contributed by atoms with Gasteiger partial charge in [0.25, 0.3) is 7.82 Å². The molecule has 0 aromatic carbocycles. The van der Waals surface area contributed by atoms with E-state index in [1.54, 1.807) is 42.3 Å². The van der Waals surface area contributed by atoms with Gasteiger partial charge in [-0.2, -0.15) is 0 Å². The number of hydroxylamine groups is 3. The monoisotopic (exact) mass is 1290 g/mol. The number of allylic oxidation sites excluding steroid dienone is 2. The molecule has 0 aliphatic rings. The number of aliphatic hydroxyl groups excluding tert-OH is 2. The number of hydrogen-bond acceptors (Lipinski definition) is 17. The smallest absolute Gasteiger partial charge is 0.508 e. The van der Waals surface area contributed by atoms with Crippen LogP contribution in [0.25, 0.3) is 0 Å². The van der Waals surface area contributed by atoms with Crippen molar-refractivity contribution in [1.82, 2.24) is 4.90 Å². The van der Waals surface area contributed by atoms with Crippen LogP contribution in [-0.4, -0.2) is 260 Å². The number of hydrogen-bond donors (Lipinski definition) is 2. The van der Waals surface area contributed by atoms with Gasteiger partial charge in [0.2, 0.25) is 0 Å². The zero-order chi connectivity index (χ0) is 68.4. The van der Waals surface area contributed by atoms with Gasteiger partial charge in [-0.1, -0.05) is 148 Å². The highest BCUT2D eigenvalue weighted by Crippen LogP contribution is 2.38. The maximum Gasteiger partial charge on any atom is 0.508 e. The number of rotatable bonds is 46. The molecular formula is C65H141N6O16P. The van der Waals surface area contributed by atoms with Gasteiger partial charge in [0.1, 0.15) is 45.5 Å². The number of likely N-dealkylation sites (N-methyl/N-ethyl adjacent to an activating group) is 4. The first-order valence-electron chi connectivity index (χ1n) is 32.3. The molecule has 0 amide bonds. The number of esters is 1. The van der Waals surface area contributed by atoms with Crippen LogP contribution in [0.3, 0.4) is 0 Å². The van der Waals surface area contributed by atoms with Crippen LogP contribution < -0.4 is 15.1 Å². The number of phosphoric acid groups is 1. The molecule has 0 aromatic rings. The van der Waals surface area contributed by atoms with E-state index in [0.717, 1.165) is 68.8 Å². The van der Waals surface area contributed by atoms with E-state index < -0.39 is 50.7 Å². The zero-order valence-electron chi connectivity index (χ0n) is 60.5. The van der Waals surface area contributed by atoms with Crippen molar-refractivity contribution in [2.75, 3.05) is 186 Å². The largest absolute Gasteiger partial charge is 0.756 e. The molecule has 0 aromatic heterocycles. The van der Waals surface area contributed by atoms with Crippen molar-refractivity contribution >= 4 is 31.9 Å². The van der Waals surface area contributed by atoms with E-state index in [-0.39, 0.29) is 57.9 Å². The van der Waals surface area contributed by atoms with Crippen LogP contribution >= 0.6 is 7.82 Å². The number of carbonyl (C=O) groups is 4. The van der Waals surface area contributed by atoms with Crippen molar-refractivity contribution in [3.8, 4) is 0 Å². The summed E-state index contributed by atoms with van der Waals surface area (Å²) in [7, 11) is 29.0. The highest BCUT2D eigenvalue weighted by Gasteiger charge is 2.22. The third-order valence-corrected chi connectivity index (χ3v) is 12.5. The molecule has 0 saturated carbocycles. The Labute approximate surface area is 540 Å².